The Morgan fingerprint density at radius 3 is 2.43 bits per heavy atom. The van der Waals surface area contributed by atoms with Gasteiger partial charge in [-0.3, -0.25) is 0 Å². The van der Waals surface area contributed by atoms with Crippen LogP contribution in [0.2, 0.25) is 5.02 Å². The maximum absolute atomic E-state index is 13.3. The maximum atomic E-state index is 13.3. The molecular weight excluding hydrogens is 374 g/mol. The molecule has 2 aromatic carbocycles. The molecule has 0 spiro atoms. The molecule has 1 N–H and O–H groups in total. The fourth-order valence-corrected chi connectivity index (χ4v) is 2.30. The Kier molecular flexibility index (Phi) is 4.78. The van der Waals surface area contributed by atoms with Crippen LogP contribution in [0.3, 0.4) is 0 Å². The normalized spacial score (nSPS) is 11.5. The smallest absolute Gasteiger partial charge is 0.381 e. The first-order valence-corrected chi connectivity index (χ1v) is 6.99. The van der Waals surface area contributed by atoms with Crippen molar-refractivity contribution < 1.29 is 17.6 Å². The predicted octanol–water partition coefficient (Wildman–Crippen LogP) is 5.87. The van der Waals surface area contributed by atoms with E-state index in [9.17, 15) is 17.6 Å². The van der Waals surface area contributed by atoms with Crippen molar-refractivity contribution in [3.05, 3.63) is 62.8 Å². The molecule has 0 unspecified atom stereocenters. The highest BCUT2D eigenvalue weighted by molar-refractivity contribution is 9.10. The topological polar surface area (TPSA) is 12.0 Å². The summed E-state index contributed by atoms with van der Waals surface area (Å²) in [5, 5.41) is 2.82. The van der Waals surface area contributed by atoms with Gasteiger partial charge in [0, 0.05) is 16.7 Å². The van der Waals surface area contributed by atoms with Crippen LogP contribution in [0.15, 0.2) is 40.9 Å². The zero-order chi connectivity index (χ0) is 15.6. The van der Waals surface area contributed by atoms with Gasteiger partial charge in [-0.1, -0.05) is 33.6 Å². The van der Waals surface area contributed by atoms with E-state index in [4.69, 9.17) is 11.6 Å². The molecule has 0 amide bonds. The minimum Gasteiger partial charge on any atom is -0.381 e. The fraction of sp³-hybridized carbons (Fsp3) is 0.143. The molecule has 1 nitrogen and oxygen atoms in total. The molecule has 0 aromatic heterocycles. The molecule has 0 aliphatic carbocycles. The monoisotopic (exact) mass is 381 g/mol. The number of alkyl halides is 3. The molecular formula is C14H9BrClF4N. The van der Waals surface area contributed by atoms with E-state index >= 15 is 0 Å². The van der Waals surface area contributed by atoms with Crippen LogP contribution in [0.5, 0.6) is 0 Å². The highest BCUT2D eigenvalue weighted by atomic mass is 79.9. The third-order valence-corrected chi connectivity index (χ3v) is 3.75. The number of anilines is 1. The van der Waals surface area contributed by atoms with Crippen LogP contribution in [0.25, 0.3) is 0 Å². The molecule has 7 heteroatoms. The predicted molar refractivity (Wildman–Crippen MR) is 77.9 cm³/mol. The van der Waals surface area contributed by atoms with Crippen LogP contribution in [-0.2, 0) is 12.7 Å². The summed E-state index contributed by atoms with van der Waals surface area (Å²) in [5.74, 6) is -0.567. The standard InChI is InChI=1S/C14H9BrClF4N/c15-11-3-2-9(6-10(11)14(18,19)20)21-7-8-1-4-12(16)13(17)5-8/h1-6,21H,7H2. The zero-order valence-corrected chi connectivity index (χ0v) is 12.8. The van der Waals surface area contributed by atoms with Crippen LogP contribution in [0.4, 0.5) is 23.2 Å². The summed E-state index contributed by atoms with van der Waals surface area (Å²) in [6.07, 6.45) is -4.44. The largest absolute Gasteiger partial charge is 0.417 e. The molecule has 0 aliphatic heterocycles. The Hall–Kier alpha value is -1.27. The van der Waals surface area contributed by atoms with Gasteiger partial charge in [0.2, 0.25) is 0 Å². The average Bonchev–Trinajstić information content (AvgIpc) is 2.40. The van der Waals surface area contributed by atoms with Crippen LogP contribution in [0.1, 0.15) is 11.1 Å². The molecule has 2 aromatic rings. The molecule has 0 fully saturated rings. The van der Waals surface area contributed by atoms with Crippen LogP contribution in [-0.4, -0.2) is 0 Å². The molecule has 0 saturated carbocycles. The van der Waals surface area contributed by atoms with E-state index in [0.29, 0.717) is 11.3 Å². The van der Waals surface area contributed by atoms with Gasteiger partial charge in [-0.25, -0.2) is 4.39 Å². The average molecular weight is 383 g/mol. The molecule has 2 rings (SSSR count). The van der Waals surface area contributed by atoms with E-state index in [-0.39, 0.29) is 16.0 Å². The van der Waals surface area contributed by atoms with Gasteiger partial charge in [0.1, 0.15) is 5.82 Å². The first-order chi connectivity index (χ1) is 9.77. The molecule has 0 heterocycles. The van der Waals surface area contributed by atoms with Gasteiger partial charge in [-0.05, 0) is 35.9 Å². The van der Waals surface area contributed by atoms with Crippen molar-refractivity contribution in [1.29, 1.82) is 0 Å². The maximum Gasteiger partial charge on any atom is 0.417 e. The second kappa shape index (κ2) is 6.23. The van der Waals surface area contributed by atoms with Gasteiger partial charge in [0.15, 0.2) is 0 Å². The summed E-state index contributed by atoms with van der Waals surface area (Å²) in [4.78, 5) is 0. The van der Waals surface area contributed by atoms with Crippen molar-refractivity contribution in [2.24, 2.45) is 0 Å². The number of hydrogen-bond acceptors (Lipinski definition) is 1. The Morgan fingerprint density at radius 1 is 1.10 bits per heavy atom. The second-order valence-corrected chi connectivity index (χ2v) is 5.56. The lowest BCUT2D eigenvalue weighted by molar-refractivity contribution is -0.138. The van der Waals surface area contributed by atoms with Gasteiger partial charge in [0.05, 0.1) is 10.6 Å². The lowest BCUT2D eigenvalue weighted by atomic mass is 10.1. The third-order valence-electron chi connectivity index (χ3n) is 2.75. The zero-order valence-electron chi connectivity index (χ0n) is 10.4. The van der Waals surface area contributed by atoms with E-state index in [0.717, 1.165) is 6.07 Å². The van der Waals surface area contributed by atoms with Gasteiger partial charge in [-0.15, -0.1) is 0 Å². The van der Waals surface area contributed by atoms with Crippen LogP contribution >= 0.6 is 27.5 Å². The molecule has 0 radical (unpaired) electrons. The van der Waals surface area contributed by atoms with Crippen molar-refractivity contribution in [3.8, 4) is 0 Å². The Labute approximate surface area is 132 Å². The Bertz CT molecular complexity index is 658. The number of hydrogen-bond donors (Lipinski definition) is 1. The summed E-state index contributed by atoms with van der Waals surface area (Å²) in [6, 6.07) is 8.05. The highest BCUT2D eigenvalue weighted by Gasteiger charge is 2.33. The van der Waals surface area contributed by atoms with Crippen molar-refractivity contribution in [3.63, 3.8) is 0 Å². The minimum atomic E-state index is -4.44. The second-order valence-electron chi connectivity index (χ2n) is 4.29. The SMILES string of the molecule is Fc1cc(CNc2ccc(Br)c(C(F)(F)F)c2)ccc1Cl. The lowest BCUT2D eigenvalue weighted by Crippen LogP contribution is -2.07. The van der Waals surface area contributed by atoms with Crippen molar-refractivity contribution in [1.82, 2.24) is 0 Å². The van der Waals surface area contributed by atoms with Crippen LogP contribution in [0, 0.1) is 5.82 Å². The summed E-state index contributed by atoms with van der Waals surface area (Å²) in [5.41, 5.74) is 0.101. The van der Waals surface area contributed by atoms with E-state index < -0.39 is 17.6 Å². The molecule has 0 atom stereocenters. The number of nitrogens with one attached hydrogen (secondary N) is 1. The molecule has 112 valence electrons. The van der Waals surface area contributed by atoms with Gasteiger partial charge in [0.25, 0.3) is 0 Å². The van der Waals surface area contributed by atoms with E-state index in [1.807, 2.05) is 0 Å². The minimum absolute atomic E-state index is 0.00162. The van der Waals surface area contributed by atoms with Gasteiger partial charge in [-0.2, -0.15) is 13.2 Å². The number of benzene rings is 2. The number of rotatable bonds is 3. The first kappa shape index (κ1) is 16.1. The van der Waals surface area contributed by atoms with Gasteiger partial charge < -0.3 is 5.32 Å². The molecule has 0 bridgehead atoms. The molecule has 0 saturated heterocycles. The third kappa shape index (κ3) is 4.11. The lowest BCUT2D eigenvalue weighted by Gasteiger charge is -2.12. The summed E-state index contributed by atoms with van der Waals surface area (Å²) >= 11 is 8.43. The number of halogens is 6. The summed E-state index contributed by atoms with van der Waals surface area (Å²) in [6.45, 7) is 0.188. The Morgan fingerprint density at radius 2 is 1.81 bits per heavy atom. The van der Waals surface area contributed by atoms with E-state index in [1.54, 1.807) is 6.07 Å². The van der Waals surface area contributed by atoms with E-state index in [1.165, 1.54) is 24.3 Å². The van der Waals surface area contributed by atoms with Crippen molar-refractivity contribution in [2.45, 2.75) is 12.7 Å². The summed E-state index contributed by atoms with van der Waals surface area (Å²) < 4.78 is 51.5. The van der Waals surface area contributed by atoms with E-state index in [2.05, 4.69) is 21.2 Å². The van der Waals surface area contributed by atoms with Gasteiger partial charge >= 0.3 is 6.18 Å². The highest BCUT2D eigenvalue weighted by Crippen LogP contribution is 2.36. The van der Waals surface area contributed by atoms with Crippen molar-refractivity contribution in [2.75, 3.05) is 5.32 Å². The first-order valence-electron chi connectivity index (χ1n) is 5.82. The summed E-state index contributed by atoms with van der Waals surface area (Å²) in [7, 11) is 0. The molecule has 0 aliphatic rings. The fourth-order valence-electron chi connectivity index (χ4n) is 1.71. The Balaban J connectivity index is 2.15. The quantitative estimate of drug-likeness (QED) is 0.654. The molecule has 21 heavy (non-hydrogen) atoms. The van der Waals surface area contributed by atoms with Crippen molar-refractivity contribution >= 4 is 33.2 Å². The van der Waals surface area contributed by atoms with Crippen LogP contribution < -0.4 is 5.32 Å².